The predicted octanol–water partition coefficient (Wildman–Crippen LogP) is 1.07. The van der Waals surface area contributed by atoms with E-state index in [2.05, 4.69) is 11.8 Å². The molecule has 0 aliphatic carbocycles. The van der Waals surface area contributed by atoms with E-state index in [1.807, 2.05) is 7.05 Å². The maximum atomic E-state index is 11.6. The molecule has 13 heavy (non-hydrogen) atoms. The van der Waals surface area contributed by atoms with Crippen LogP contribution in [0.15, 0.2) is 0 Å². The number of Topliss-reactive ketones (excluding diaryl/α,β-unsaturated/α-hetero) is 1. The topological polar surface area (TPSA) is 29.5 Å². The molecule has 2 unspecified atom stereocenters. The van der Waals surface area contributed by atoms with Crippen molar-refractivity contribution in [2.75, 3.05) is 20.8 Å². The summed E-state index contributed by atoms with van der Waals surface area (Å²) in [5.74, 6) is 0.223. The average Bonchev–Trinajstić information content (AvgIpc) is 2.34. The maximum absolute atomic E-state index is 11.6. The van der Waals surface area contributed by atoms with Gasteiger partial charge in [0.05, 0.1) is 6.61 Å². The summed E-state index contributed by atoms with van der Waals surface area (Å²) < 4.78 is 5.15. The maximum Gasteiger partial charge on any atom is 0.152 e. The number of hydrogen-bond acceptors (Lipinski definition) is 3. The first-order valence-corrected chi connectivity index (χ1v) is 4.77. The lowest BCUT2D eigenvalue weighted by Crippen LogP contribution is -2.52. The highest BCUT2D eigenvalue weighted by Gasteiger charge is 2.46. The van der Waals surface area contributed by atoms with E-state index in [0.717, 1.165) is 12.8 Å². The summed E-state index contributed by atoms with van der Waals surface area (Å²) in [4.78, 5) is 13.7. The van der Waals surface area contributed by atoms with Crippen LogP contribution in [0.25, 0.3) is 0 Å². The van der Waals surface area contributed by atoms with Crippen LogP contribution in [0.5, 0.6) is 0 Å². The number of likely N-dealkylation sites (N-methyl/N-ethyl adjacent to an activating group) is 1. The third kappa shape index (κ3) is 1.63. The monoisotopic (exact) mass is 185 g/mol. The molecule has 1 heterocycles. The van der Waals surface area contributed by atoms with Gasteiger partial charge in [-0.3, -0.25) is 9.69 Å². The Balaban J connectivity index is 2.85. The van der Waals surface area contributed by atoms with E-state index in [0.29, 0.717) is 12.6 Å². The van der Waals surface area contributed by atoms with Crippen LogP contribution in [0.4, 0.5) is 0 Å². The fourth-order valence-electron chi connectivity index (χ4n) is 2.18. The number of methoxy groups -OCH3 is 1. The van der Waals surface area contributed by atoms with E-state index in [-0.39, 0.29) is 11.3 Å². The molecule has 1 saturated heterocycles. The van der Waals surface area contributed by atoms with Crippen molar-refractivity contribution in [3.8, 4) is 0 Å². The zero-order valence-corrected chi connectivity index (χ0v) is 8.96. The van der Waals surface area contributed by atoms with E-state index in [1.165, 1.54) is 0 Å². The molecule has 1 fully saturated rings. The first kappa shape index (κ1) is 10.7. The Morgan fingerprint density at radius 1 is 1.69 bits per heavy atom. The second-order valence-electron chi connectivity index (χ2n) is 4.02. The highest BCUT2D eigenvalue weighted by Crippen LogP contribution is 2.33. The van der Waals surface area contributed by atoms with Gasteiger partial charge in [0, 0.05) is 13.2 Å². The molecule has 1 rings (SSSR count). The molecule has 3 nitrogen and oxygen atoms in total. The lowest BCUT2D eigenvalue weighted by atomic mass is 9.93. The number of rotatable bonds is 3. The van der Waals surface area contributed by atoms with Gasteiger partial charge in [-0.25, -0.2) is 0 Å². The molecule has 1 aliphatic heterocycles. The van der Waals surface area contributed by atoms with E-state index in [1.54, 1.807) is 14.0 Å². The van der Waals surface area contributed by atoms with Crippen LogP contribution in [-0.4, -0.2) is 43.0 Å². The molecule has 0 aromatic carbocycles. The minimum Gasteiger partial charge on any atom is -0.382 e. The number of nitrogens with zero attached hydrogens (tertiary/aromatic N) is 1. The van der Waals surface area contributed by atoms with E-state index in [9.17, 15) is 4.79 Å². The molecule has 2 atom stereocenters. The summed E-state index contributed by atoms with van der Waals surface area (Å²) in [5.41, 5.74) is -0.353. The first-order valence-electron chi connectivity index (χ1n) is 4.77. The SMILES string of the molecule is COCC1(C(C)=O)CCC(C)N1C. The van der Waals surface area contributed by atoms with Crippen LogP contribution in [-0.2, 0) is 9.53 Å². The van der Waals surface area contributed by atoms with Crippen molar-refractivity contribution in [1.29, 1.82) is 0 Å². The lowest BCUT2D eigenvalue weighted by molar-refractivity contribution is -0.130. The Morgan fingerprint density at radius 3 is 2.62 bits per heavy atom. The zero-order valence-electron chi connectivity index (χ0n) is 8.96. The van der Waals surface area contributed by atoms with Gasteiger partial charge >= 0.3 is 0 Å². The largest absolute Gasteiger partial charge is 0.382 e. The van der Waals surface area contributed by atoms with Gasteiger partial charge in [-0.2, -0.15) is 0 Å². The van der Waals surface area contributed by atoms with Gasteiger partial charge in [0.1, 0.15) is 5.54 Å². The molecule has 0 amide bonds. The summed E-state index contributed by atoms with van der Waals surface area (Å²) in [6, 6.07) is 0.485. The van der Waals surface area contributed by atoms with Crippen LogP contribution in [0, 0.1) is 0 Å². The van der Waals surface area contributed by atoms with Crippen LogP contribution in [0.2, 0.25) is 0 Å². The highest BCUT2D eigenvalue weighted by molar-refractivity contribution is 5.86. The summed E-state index contributed by atoms with van der Waals surface area (Å²) in [6.45, 7) is 4.33. The Kier molecular flexibility index (Phi) is 3.09. The summed E-state index contributed by atoms with van der Waals surface area (Å²) in [7, 11) is 3.67. The van der Waals surface area contributed by atoms with Crippen LogP contribution < -0.4 is 0 Å². The fraction of sp³-hybridized carbons (Fsp3) is 0.900. The lowest BCUT2D eigenvalue weighted by Gasteiger charge is -2.34. The Labute approximate surface area is 80.1 Å². The van der Waals surface area contributed by atoms with Gasteiger partial charge in [-0.15, -0.1) is 0 Å². The third-order valence-electron chi connectivity index (χ3n) is 3.35. The van der Waals surface area contributed by atoms with Crippen LogP contribution >= 0.6 is 0 Å². The van der Waals surface area contributed by atoms with E-state index < -0.39 is 0 Å². The number of ether oxygens (including phenoxy) is 1. The second-order valence-corrected chi connectivity index (χ2v) is 4.02. The quantitative estimate of drug-likeness (QED) is 0.659. The molecule has 0 bridgehead atoms. The Hall–Kier alpha value is -0.410. The summed E-state index contributed by atoms with van der Waals surface area (Å²) in [5, 5.41) is 0. The molecule has 1 aliphatic rings. The van der Waals surface area contributed by atoms with Gasteiger partial charge in [-0.05, 0) is 33.7 Å². The van der Waals surface area contributed by atoms with Crippen LogP contribution in [0.1, 0.15) is 26.7 Å². The van der Waals surface area contributed by atoms with Crippen molar-refractivity contribution in [3.05, 3.63) is 0 Å². The minimum atomic E-state index is -0.353. The van der Waals surface area contributed by atoms with E-state index >= 15 is 0 Å². The minimum absolute atomic E-state index is 0.223. The van der Waals surface area contributed by atoms with Crippen molar-refractivity contribution in [2.45, 2.75) is 38.3 Å². The van der Waals surface area contributed by atoms with Gasteiger partial charge in [-0.1, -0.05) is 0 Å². The number of hydrogen-bond donors (Lipinski definition) is 0. The molecule has 0 spiro atoms. The summed E-state index contributed by atoms with van der Waals surface area (Å²) >= 11 is 0. The third-order valence-corrected chi connectivity index (χ3v) is 3.35. The summed E-state index contributed by atoms with van der Waals surface area (Å²) in [6.07, 6.45) is 2.01. The van der Waals surface area contributed by atoms with Crippen molar-refractivity contribution in [3.63, 3.8) is 0 Å². The molecule has 0 aromatic rings. The van der Waals surface area contributed by atoms with Crippen molar-refractivity contribution in [1.82, 2.24) is 4.90 Å². The van der Waals surface area contributed by atoms with Gasteiger partial charge < -0.3 is 4.74 Å². The molecule has 76 valence electrons. The van der Waals surface area contributed by atoms with Crippen molar-refractivity contribution >= 4 is 5.78 Å². The molecule has 0 aromatic heterocycles. The molecule has 0 N–H and O–H groups in total. The first-order chi connectivity index (χ1) is 6.04. The van der Waals surface area contributed by atoms with Gasteiger partial charge in [0.15, 0.2) is 5.78 Å². The van der Waals surface area contributed by atoms with Crippen LogP contribution in [0.3, 0.4) is 0 Å². The molecular formula is C10H19NO2. The average molecular weight is 185 g/mol. The Bertz CT molecular complexity index is 201. The molecule has 0 radical (unpaired) electrons. The number of ketones is 1. The zero-order chi connectivity index (χ0) is 10.1. The smallest absolute Gasteiger partial charge is 0.152 e. The normalized spacial score (nSPS) is 35.2. The molecular weight excluding hydrogens is 166 g/mol. The number of carbonyl (C=O) groups is 1. The Morgan fingerprint density at radius 2 is 2.31 bits per heavy atom. The molecule has 3 heteroatoms. The van der Waals surface area contributed by atoms with Gasteiger partial charge in [0.2, 0.25) is 0 Å². The fourth-order valence-corrected chi connectivity index (χ4v) is 2.18. The van der Waals surface area contributed by atoms with E-state index in [4.69, 9.17) is 4.74 Å². The van der Waals surface area contributed by atoms with Crippen molar-refractivity contribution < 1.29 is 9.53 Å². The number of likely N-dealkylation sites (tertiary alicyclic amines) is 1. The highest BCUT2D eigenvalue weighted by atomic mass is 16.5. The number of carbonyl (C=O) groups excluding carboxylic acids is 1. The van der Waals surface area contributed by atoms with Crippen molar-refractivity contribution in [2.24, 2.45) is 0 Å². The van der Waals surface area contributed by atoms with Gasteiger partial charge in [0.25, 0.3) is 0 Å². The predicted molar refractivity (Wildman–Crippen MR) is 51.7 cm³/mol. The molecule has 0 saturated carbocycles. The second kappa shape index (κ2) is 3.76. The standard InChI is InChI=1S/C10H19NO2/c1-8-5-6-10(7-13-4,9(2)12)11(8)3/h8H,5-7H2,1-4H3.